The maximum absolute atomic E-state index is 10.5. The van der Waals surface area contributed by atoms with Crippen molar-refractivity contribution in [2.45, 2.75) is 6.42 Å². The molecule has 11 heavy (non-hydrogen) atoms. The molecule has 0 fully saturated rings. The number of nitrogens with zero attached hydrogens (tertiary/aromatic N) is 1. The molecule has 0 aliphatic rings. The molecule has 0 aliphatic carbocycles. The van der Waals surface area contributed by atoms with E-state index in [9.17, 15) is 4.79 Å². The third kappa shape index (κ3) is 1.67. The number of allylic oxidation sites excluding steroid dienone is 1. The van der Waals surface area contributed by atoms with Crippen LogP contribution in [0.4, 0.5) is 0 Å². The smallest absolute Gasteiger partial charge is 0.286 e. The first-order chi connectivity index (χ1) is 5.24. The van der Waals surface area contributed by atoms with Gasteiger partial charge >= 0.3 is 0 Å². The van der Waals surface area contributed by atoms with Gasteiger partial charge in [0.2, 0.25) is 5.76 Å². The number of oxazole rings is 1. The quantitative estimate of drug-likeness (QED) is 0.641. The first-order valence-electron chi connectivity index (χ1n) is 3.09. The Hall–Kier alpha value is -1.58. The van der Waals surface area contributed by atoms with Gasteiger partial charge in [-0.3, -0.25) is 4.79 Å². The van der Waals surface area contributed by atoms with Gasteiger partial charge in [0.1, 0.15) is 0 Å². The molecule has 0 saturated carbocycles. The molecule has 1 aromatic heterocycles. The van der Waals surface area contributed by atoms with Gasteiger partial charge in [0.15, 0.2) is 5.89 Å². The molecular formula is C7H8N2O2. The molecule has 0 bridgehead atoms. The fourth-order valence-corrected chi connectivity index (χ4v) is 0.642. The van der Waals surface area contributed by atoms with Crippen molar-refractivity contribution in [3.8, 4) is 0 Å². The Bertz CT molecular complexity index is 278. The van der Waals surface area contributed by atoms with E-state index in [2.05, 4.69) is 11.6 Å². The van der Waals surface area contributed by atoms with Gasteiger partial charge in [-0.1, -0.05) is 6.08 Å². The van der Waals surface area contributed by atoms with Crippen molar-refractivity contribution in [2.75, 3.05) is 0 Å². The van der Waals surface area contributed by atoms with E-state index in [-0.39, 0.29) is 5.76 Å². The maximum atomic E-state index is 10.5. The van der Waals surface area contributed by atoms with Crippen molar-refractivity contribution in [3.63, 3.8) is 0 Å². The highest BCUT2D eigenvalue weighted by Gasteiger charge is 2.06. The molecule has 1 aromatic rings. The van der Waals surface area contributed by atoms with Gasteiger partial charge in [-0.2, -0.15) is 0 Å². The van der Waals surface area contributed by atoms with Gasteiger partial charge in [0.05, 0.1) is 6.20 Å². The number of hydrogen-bond donors (Lipinski definition) is 1. The molecule has 0 radical (unpaired) electrons. The molecule has 0 aromatic carbocycles. The van der Waals surface area contributed by atoms with Crippen molar-refractivity contribution in [1.29, 1.82) is 0 Å². The third-order valence-electron chi connectivity index (χ3n) is 1.12. The zero-order chi connectivity index (χ0) is 8.27. The summed E-state index contributed by atoms with van der Waals surface area (Å²) in [4.78, 5) is 14.3. The number of rotatable bonds is 3. The Kier molecular flexibility index (Phi) is 2.06. The van der Waals surface area contributed by atoms with E-state index in [0.29, 0.717) is 12.3 Å². The van der Waals surface area contributed by atoms with Crippen LogP contribution in [0.5, 0.6) is 0 Å². The second-order valence-corrected chi connectivity index (χ2v) is 1.98. The van der Waals surface area contributed by atoms with Crippen molar-refractivity contribution >= 4 is 5.91 Å². The van der Waals surface area contributed by atoms with Gasteiger partial charge in [-0.05, 0) is 0 Å². The molecule has 2 N–H and O–H groups in total. The Labute approximate surface area is 63.7 Å². The van der Waals surface area contributed by atoms with Gasteiger partial charge in [-0.15, -0.1) is 6.58 Å². The Morgan fingerprint density at radius 3 is 3.09 bits per heavy atom. The molecule has 1 heterocycles. The first kappa shape index (κ1) is 7.53. The summed E-state index contributed by atoms with van der Waals surface area (Å²) in [5.74, 6) is -0.0662. The lowest BCUT2D eigenvalue weighted by molar-refractivity contribution is 0.0972. The van der Waals surface area contributed by atoms with Gasteiger partial charge in [0.25, 0.3) is 5.91 Å². The van der Waals surface area contributed by atoms with Crippen LogP contribution in [0, 0.1) is 0 Å². The van der Waals surface area contributed by atoms with Crippen LogP contribution in [-0.2, 0) is 6.42 Å². The van der Waals surface area contributed by atoms with Gasteiger partial charge < -0.3 is 10.2 Å². The number of nitrogens with two attached hydrogens (primary N) is 1. The number of hydrogen-bond acceptors (Lipinski definition) is 3. The predicted octanol–water partition coefficient (Wildman–Crippen LogP) is 0.502. The molecule has 58 valence electrons. The van der Waals surface area contributed by atoms with Crippen LogP contribution in [0.3, 0.4) is 0 Å². The van der Waals surface area contributed by atoms with Gasteiger partial charge in [-0.25, -0.2) is 4.98 Å². The summed E-state index contributed by atoms with van der Waals surface area (Å²) < 4.78 is 4.93. The Morgan fingerprint density at radius 2 is 2.64 bits per heavy atom. The highest BCUT2D eigenvalue weighted by atomic mass is 16.4. The zero-order valence-electron chi connectivity index (χ0n) is 5.91. The zero-order valence-corrected chi connectivity index (χ0v) is 5.91. The van der Waals surface area contributed by atoms with Crippen LogP contribution in [0.15, 0.2) is 23.3 Å². The highest BCUT2D eigenvalue weighted by Crippen LogP contribution is 2.02. The van der Waals surface area contributed by atoms with Crippen LogP contribution >= 0.6 is 0 Å². The minimum atomic E-state index is -0.604. The second-order valence-electron chi connectivity index (χ2n) is 1.98. The Balaban J connectivity index is 2.81. The lowest BCUT2D eigenvalue weighted by Crippen LogP contribution is -2.09. The van der Waals surface area contributed by atoms with Crippen molar-refractivity contribution in [2.24, 2.45) is 5.73 Å². The van der Waals surface area contributed by atoms with E-state index >= 15 is 0 Å². The lowest BCUT2D eigenvalue weighted by atomic mass is 10.4. The monoisotopic (exact) mass is 152 g/mol. The molecule has 0 atom stereocenters. The average molecular weight is 152 g/mol. The summed E-state index contributed by atoms with van der Waals surface area (Å²) in [5, 5.41) is 0. The second kappa shape index (κ2) is 3.01. The number of aromatic nitrogens is 1. The SMILES string of the molecule is C=CCc1ncc(C(N)=O)o1. The van der Waals surface area contributed by atoms with Crippen LogP contribution in [0.1, 0.15) is 16.4 Å². The standard InChI is InChI=1S/C7H8N2O2/c1-2-3-6-9-4-5(11-6)7(8)10/h2,4H,1,3H2,(H2,8,10). The number of amides is 1. The topological polar surface area (TPSA) is 69.1 Å². The maximum Gasteiger partial charge on any atom is 0.286 e. The highest BCUT2D eigenvalue weighted by molar-refractivity contribution is 5.89. The number of carbonyl (C=O) groups is 1. The summed E-state index contributed by atoms with van der Waals surface area (Å²) in [5.41, 5.74) is 4.92. The van der Waals surface area contributed by atoms with E-state index in [4.69, 9.17) is 10.2 Å². The summed E-state index contributed by atoms with van der Waals surface area (Å²) in [6.45, 7) is 3.49. The summed E-state index contributed by atoms with van der Waals surface area (Å²) in [7, 11) is 0. The van der Waals surface area contributed by atoms with Crippen LogP contribution in [-0.4, -0.2) is 10.9 Å². The minimum Gasteiger partial charge on any atom is -0.435 e. The largest absolute Gasteiger partial charge is 0.435 e. The van der Waals surface area contributed by atoms with E-state index < -0.39 is 5.91 Å². The molecule has 4 nitrogen and oxygen atoms in total. The van der Waals surface area contributed by atoms with E-state index in [0.717, 1.165) is 0 Å². The number of carbonyl (C=O) groups excluding carboxylic acids is 1. The summed E-state index contributed by atoms with van der Waals surface area (Å²) in [6, 6.07) is 0. The third-order valence-corrected chi connectivity index (χ3v) is 1.12. The van der Waals surface area contributed by atoms with Crippen molar-refractivity contribution in [3.05, 3.63) is 30.5 Å². The van der Waals surface area contributed by atoms with E-state index in [1.54, 1.807) is 6.08 Å². The summed E-state index contributed by atoms with van der Waals surface area (Å²) >= 11 is 0. The van der Waals surface area contributed by atoms with E-state index in [1.807, 2.05) is 0 Å². The van der Waals surface area contributed by atoms with Crippen LogP contribution in [0.25, 0.3) is 0 Å². The van der Waals surface area contributed by atoms with Crippen molar-refractivity contribution in [1.82, 2.24) is 4.98 Å². The Morgan fingerprint density at radius 1 is 1.91 bits per heavy atom. The molecule has 1 amide bonds. The fourth-order valence-electron chi connectivity index (χ4n) is 0.642. The fraction of sp³-hybridized carbons (Fsp3) is 0.143. The van der Waals surface area contributed by atoms with Gasteiger partial charge in [0, 0.05) is 6.42 Å². The van der Waals surface area contributed by atoms with Crippen molar-refractivity contribution < 1.29 is 9.21 Å². The van der Waals surface area contributed by atoms with E-state index in [1.165, 1.54) is 6.20 Å². The molecular weight excluding hydrogens is 144 g/mol. The molecule has 1 rings (SSSR count). The normalized spacial score (nSPS) is 9.45. The molecule has 0 spiro atoms. The first-order valence-corrected chi connectivity index (χ1v) is 3.09. The van der Waals surface area contributed by atoms with Crippen LogP contribution < -0.4 is 5.73 Å². The molecule has 0 unspecified atom stereocenters. The lowest BCUT2D eigenvalue weighted by Gasteiger charge is -1.85. The number of primary amides is 1. The predicted molar refractivity (Wildman–Crippen MR) is 38.9 cm³/mol. The summed E-state index contributed by atoms with van der Waals surface area (Å²) in [6.07, 6.45) is 3.45. The molecule has 0 aliphatic heterocycles. The molecule has 4 heteroatoms. The molecule has 0 saturated heterocycles. The minimum absolute atomic E-state index is 0.0850. The van der Waals surface area contributed by atoms with Crippen LogP contribution in [0.2, 0.25) is 0 Å². The average Bonchev–Trinajstić information content (AvgIpc) is 2.37.